The van der Waals surface area contributed by atoms with Crippen molar-refractivity contribution in [2.75, 3.05) is 12.3 Å². The van der Waals surface area contributed by atoms with Crippen LogP contribution in [0, 0.1) is 0 Å². The first kappa shape index (κ1) is 22.1. The lowest BCUT2D eigenvalue weighted by Crippen LogP contribution is -2.33. The number of ether oxygens (including phenoxy) is 1. The quantitative estimate of drug-likeness (QED) is 0.295. The second-order valence-electron chi connectivity index (χ2n) is 6.79. The Hall–Kier alpha value is -3.13. The second-order valence-corrected chi connectivity index (χ2v) is 8.17. The molecule has 0 aliphatic carbocycles. The molecule has 0 saturated carbocycles. The van der Waals surface area contributed by atoms with E-state index in [0.717, 1.165) is 0 Å². The summed E-state index contributed by atoms with van der Waals surface area (Å²) in [6.07, 6.45) is -2.96. The molecule has 3 heterocycles. The van der Waals surface area contributed by atoms with Crippen LogP contribution in [0.15, 0.2) is 36.9 Å². The molecule has 1 saturated heterocycles. The molecule has 5 atom stereocenters. The molecule has 15 heteroatoms. The highest BCUT2D eigenvalue weighted by molar-refractivity contribution is 7.48. The van der Waals surface area contributed by atoms with Gasteiger partial charge in [-0.05, 0) is 12.1 Å². The second kappa shape index (κ2) is 8.43. The summed E-state index contributed by atoms with van der Waals surface area (Å²) in [6.45, 7) is -0.708. The van der Waals surface area contributed by atoms with E-state index in [0.29, 0.717) is 0 Å². The summed E-state index contributed by atoms with van der Waals surface area (Å²) in [5.74, 6) is -1.63. The van der Waals surface area contributed by atoms with Crippen LogP contribution in [0.3, 0.4) is 0 Å². The number of fused-ring (bicyclic) bond motifs is 1. The van der Waals surface area contributed by atoms with Gasteiger partial charge in [-0.1, -0.05) is 12.1 Å². The molecule has 3 aromatic rings. The van der Waals surface area contributed by atoms with Crippen LogP contribution >= 0.6 is 7.82 Å². The van der Waals surface area contributed by atoms with Gasteiger partial charge in [-0.3, -0.25) is 14.0 Å². The van der Waals surface area contributed by atoms with Crippen LogP contribution in [0.4, 0.5) is 5.82 Å². The van der Waals surface area contributed by atoms with Crippen LogP contribution in [0.1, 0.15) is 16.6 Å². The first-order valence-electron chi connectivity index (χ1n) is 9.12. The first-order chi connectivity index (χ1) is 15.2. The molecular weight excluding hydrogens is 449 g/mol. The Bertz CT molecular complexity index is 1200. The number of aliphatic hydroxyl groups is 2. The number of imidazole rings is 1. The number of rotatable bonds is 6. The molecule has 1 aliphatic heterocycles. The molecule has 32 heavy (non-hydrogen) atoms. The number of phosphoric acid groups is 1. The molecule has 2 aromatic heterocycles. The number of hydrogen-bond acceptors (Lipinski definition) is 12. The van der Waals surface area contributed by atoms with Crippen LogP contribution in [-0.4, -0.2) is 70.6 Å². The van der Waals surface area contributed by atoms with Crippen LogP contribution in [-0.2, 0) is 18.3 Å². The topological polar surface area (TPSA) is 212 Å². The van der Waals surface area contributed by atoms with Crippen molar-refractivity contribution in [1.29, 1.82) is 0 Å². The maximum atomic E-state index is 12.1. The molecule has 0 spiro atoms. The van der Waals surface area contributed by atoms with Crippen LogP contribution < -0.4 is 5.73 Å². The number of nitrogens with two attached hydrogens (primary N) is 1. The summed E-state index contributed by atoms with van der Waals surface area (Å²) in [6, 6.07) is 5.25. The van der Waals surface area contributed by atoms with Gasteiger partial charge in [0, 0.05) is 0 Å². The molecule has 0 bridgehead atoms. The van der Waals surface area contributed by atoms with E-state index in [-0.39, 0.29) is 22.5 Å². The first-order valence-corrected chi connectivity index (χ1v) is 10.6. The van der Waals surface area contributed by atoms with Gasteiger partial charge in [-0.15, -0.1) is 0 Å². The number of phenols is 1. The van der Waals surface area contributed by atoms with Crippen LogP contribution in [0.25, 0.3) is 11.2 Å². The molecule has 1 unspecified atom stereocenters. The van der Waals surface area contributed by atoms with Gasteiger partial charge in [0.15, 0.2) is 17.7 Å². The number of nitrogen functional groups attached to an aromatic ring is 1. The van der Waals surface area contributed by atoms with Gasteiger partial charge in [-0.25, -0.2) is 24.3 Å². The van der Waals surface area contributed by atoms with E-state index in [1.165, 1.54) is 41.5 Å². The fourth-order valence-corrected chi connectivity index (χ4v) is 3.84. The number of phosphoric ester groups is 1. The lowest BCUT2D eigenvalue weighted by Gasteiger charge is -2.17. The number of benzene rings is 1. The standard InChI is InChI=1S/C17H18N5O9P/c18-14-11-15(20-6-19-14)22(7-21-11)16-13(25)12(24)10(30-16)5-29-32(27,28)31-17(26)8-3-1-2-4-9(8)23/h1-4,6-7,10,12-13,16,23-25H,5H2,(H,27,28)(H2,18,19,20)/t10-,12+,13+,16+/m0/s1. The van der Waals surface area contributed by atoms with Crippen molar-refractivity contribution in [3.63, 3.8) is 0 Å². The fourth-order valence-electron chi connectivity index (χ4n) is 3.15. The summed E-state index contributed by atoms with van der Waals surface area (Å²) < 4.78 is 28.2. The summed E-state index contributed by atoms with van der Waals surface area (Å²) in [7, 11) is -4.95. The number of carbonyl (C=O) groups is 1. The number of aromatic nitrogens is 4. The summed E-state index contributed by atoms with van der Waals surface area (Å²) in [5, 5.41) is 30.3. The van der Waals surface area contributed by atoms with Crippen molar-refractivity contribution in [3.8, 4) is 5.75 Å². The van der Waals surface area contributed by atoms with E-state index in [4.69, 9.17) is 15.0 Å². The Balaban J connectivity index is 1.43. The highest BCUT2D eigenvalue weighted by Crippen LogP contribution is 2.45. The van der Waals surface area contributed by atoms with Crippen molar-refractivity contribution in [3.05, 3.63) is 42.5 Å². The van der Waals surface area contributed by atoms with E-state index in [9.17, 15) is 29.6 Å². The Labute approximate surface area is 179 Å². The Morgan fingerprint density at radius 2 is 1.97 bits per heavy atom. The SMILES string of the molecule is Nc1ncnc2c1ncn2[C@@H]1O[C@@H](COP(=O)(O)OC(=O)c2ccccc2O)[C@@H](O)[C@H]1O. The molecule has 1 aliphatic rings. The minimum atomic E-state index is -4.95. The molecular formula is C17H18N5O9P. The fraction of sp³-hybridized carbons (Fsp3) is 0.294. The highest BCUT2D eigenvalue weighted by atomic mass is 31.2. The Morgan fingerprint density at radius 3 is 2.72 bits per heavy atom. The van der Waals surface area contributed by atoms with Crippen molar-refractivity contribution in [2.45, 2.75) is 24.5 Å². The Morgan fingerprint density at radius 1 is 1.22 bits per heavy atom. The highest BCUT2D eigenvalue weighted by Gasteiger charge is 2.45. The van der Waals surface area contributed by atoms with Crippen molar-refractivity contribution in [1.82, 2.24) is 19.5 Å². The zero-order valence-corrected chi connectivity index (χ0v) is 17.0. The average molecular weight is 467 g/mol. The van der Waals surface area contributed by atoms with Crippen LogP contribution in [0.2, 0.25) is 0 Å². The van der Waals surface area contributed by atoms with Gasteiger partial charge in [0.2, 0.25) is 0 Å². The number of aromatic hydroxyl groups is 1. The number of para-hydroxylation sites is 1. The molecule has 0 amide bonds. The van der Waals surface area contributed by atoms with E-state index >= 15 is 0 Å². The molecule has 170 valence electrons. The van der Waals surface area contributed by atoms with Crippen molar-refractivity contribution in [2.24, 2.45) is 0 Å². The zero-order chi connectivity index (χ0) is 23.0. The molecule has 4 rings (SSSR count). The van der Waals surface area contributed by atoms with E-state index in [2.05, 4.69) is 19.5 Å². The van der Waals surface area contributed by atoms with Gasteiger partial charge in [0.05, 0.1) is 12.9 Å². The normalized spacial score (nSPS) is 25.0. The molecule has 14 nitrogen and oxygen atoms in total. The minimum Gasteiger partial charge on any atom is -0.507 e. The van der Waals surface area contributed by atoms with Crippen molar-refractivity contribution < 1.29 is 43.4 Å². The maximum Gasteiger partial charge on any atom is 0.529 e. The predicted molar refractivity (Wildman–Crippen MR) is 105 cm³/mol. The van der Waals surface area contributed by atoms with Crippen LogP contribution in [0.5, 0.6) is 5.75 Å². The minimum absolute atomic E-state index is 0.106. The summed E-state index contributed by atoms with van der Waals surface area (Å²) >= 11 is 0. The monoisotopic (exact) mass is 467 g/mol. The van der Waals surface area contributed by atoms with Gasteiger partial charge in [0.1, 0.15) is 41.5 Å². The number of carbonyl (C=O) groups excluding carboxylic acids is 1. The molecule has 1 aromatic carbocycles. The lowest BCUT2D eigenvalue weighted by molar-refractivity contribution is -0.0508. The van der Waals surface area contributed by atoms with E-state index < -0.39 is 50.7 Å². The summed E-state index contributed by atoms with van der Waals surface area (Å²) in [4.78, 5) is 33.7. The smallest absolute Gasteiger partial charge is 0.507 e. The van der Waals surface area contributed by atoms with Gasteiger partial charge in [0.25, 0.3) is 0 Å². The summed E-state index contributed by atoms with van der Waals surface area (Å²) in [5.41, 5.74) is 5.88. The average Bonchev–Trinajstić information content (AvgIpc) is 3.29. The molecule has 0 radical (unpaired) electrons. The third-order valence-corrected chi connectivity index (χ3v) is 5.59. The third-order valence-electron chi connectivity index (χ3n) is 4.72. The lowest BCUT2D eigenvalue weighted by atomic mass is 10.1. The number of anilines is 1. The largest absolute Gasteiger partial charge is 0.529 e. The van der Waals surface area contributed by atoms with Gasteiger partial charge < -0.3 is 30.3 Å². The number of hydrogen-bond donors (Lipinski definition) is 5. The Kier molecular flexibility index (Phi) is 5.81. The molecule has 6 N–H and O–H groups in total. The van der Waals surface area contributed by atoms with Gasteiger partial charge in [-0.2, -0.15) is 0 Å². The van der Waals surface area contributed by atoms with Crippen molar-refractivity contribution >= 4 is 30.8 Å². The predicted octanol–water partition coefficient (Wildman–Crippen LogP) is -0.293. The number of phenolic OH excluding ortho intramolecular Hbond substituents is 1. The molecule has 1 fully saturated rings. The zero-order valence-electron chi connectivity index (χ0n) is 16.1. The van der Waals surface area contributed by atoms with E-state index in [1.807, 2.05) is 0 Å². The third kappa shape index (κ3) is 4.14. The van der Waals surface area contributed by atoms with E-state index in [1.54, 1.807) is 0 Å². The maximum absolute atomic E-state index is 12.1. The van der Waals surface area contributed by atoms with Gasteiger partial charge >= 0.3 is 13.8 Å². The number of aliphatic hydroxyl groups excluding tert-OH is 2. The number of nitrogens with zero attached hydrogens (tertiary/aromatic N) is 4.